The molecule has 0 aliphatic carbocycles. The van der Waals surface area contributed by atoms with E-state index in [0.717, 1.165) is 0 Å². The fraction of sp³-hybridized carbons (Fsp3) is 0.364. The van der Waals surface area contributed by atoms with E-state index in [4.69, 9.17) is 16.2 Å². The molecule has 4 N–H and O–H groups in total. The number of carbonyl (C=O) groups is 1. The van der Waals surface area contributed by atoms with Crippen molar-refractivity contribution in [3.8, 4) is 5.75 Å². The Morgan fingerprint density at radius 1 is 1.47 bits per heavy atom. The average molecular weight is 208 g/mol. The molecule has 0 radical (unpaired) electrons. The molecule has 0 heterocycles. The Balaban J connectivity index is 2.83. The molecule has 0 fully saturated rings. The van der Waals surface area contributed by atoms with Crippen molar-refractivity contribution in [1.82, 2.24) is 0 Å². The van der Waals surface area contributed by atoms with Gasteiger partial charge in [0.2, 0.25) is 0 Å². The molecule has 0 saturated heterocycles. The zero-order valence-corrected chi connectivity index (χ0v) is 8.99. The Bertz CT molecular complexity index is 362. The van der Waals surface area contributed by atoms with Crippen LogP contribution in [0.1, 0.15) is 24.2 Å². The molecule has 4 heteroatoms. The van der Waals surface area contributed by atoms with Gasteiger partial charge in [-0.05, 0) is 24.1 Å². The first kappa shape index (κ1) is 11.4. The molecular weight excluding hydrogens is 192 g/mol. The summed E-state index contributed by atoms with van der Waals surface area (Å²) in [6, 6.07) is 4.92. The highest BCUT2D eigenvalue weighted by Crippen LogP contribution is 2.19. The molecule has 0 unspecified atom stereocenters. The van der Waals surface area contributed by atoms with Crippen LogP contribution in [0.3, 0.4) is 0 Å². The Morgan fingerprint density at radius 3 is 2.67 bits per heavy atom. The monoisotopic (exact) mass is 208 g/mol. The predicted octanol–water partition coefficient (Wildman–Crippen LogP) is 1.40. The summed E-state index contributed by atoms with van der Waals surface area (Å²) in [5.41, 5.74) is 11.4. The van der Waals surface area contributed by atoms with Gasteiger partial charge in [-0.15, -0.1) is 0 Å². The van der Waals surface area contributed by atoms with Crippen molar-refractivity contribution in [2.24, 2.45) is 11.7 Å². The normalized spacial score (nSPS) is 10.3. The molecule has 1 aromatic carbocycles. The van der Waals surface area contributed by atoms with E-state index in [-0.39, 0.29) is 0 Å². The number of nitrogens with two attached hydrogens (primary N) is 2. The Labute approximate surface area is 89.2 Å². The minimum absolute atomic E-state index is 0.302. The van der Waals surface area contributed by atoms with Gasteiger partial charge in [0.15, 0.2) is 0 Å². The third kappa shape index (κ3) is 3.16. The maximum Gasteiger partial charge on any atom is 0.250 e. The highest BCUT2D eigenvalue weighted by atomic mass is 16.5. The van der Waals surface area contributed by atoms with Crippen LogP contribution in [0.2, 0.25) is 0 Å². The molecule has 1 rings (SSSR count). The Kier molecular flexibility index (Phi) is 3.55. The third-order valence-electron chi connectivity index (χ3n) is 1.87. The second-order valence-electron chi connectivity index (χ2n) is 3.82. The molecule has 0 spiro atoms. The van der Waals surface area contributed by atoms with Gasteiger partial charge < -0.3 is 16.2 Å². The maximum atomic E-state index is 11.0. The third-order valence-corrected chi connectivity index (χ3v) is 1.87. The van der Waals surface area contributed by atoms with Gasteiger partial charge >= 0.3 is 0 Å². The summed E-state index contributed by atoms with van der Waals surface area (Å²) in [5.74, 6) is 0.508. The fourth-order valence-electron chi connectivity index (χ4n) is 1.10. The summed E-state index contributed by atoms with van der Waals surface area (Å²) in [6.45, 7) is 4.70. The molecule has 0 saturated carbocycles. The number of benzene rings is 1. The SMILES string of the molecule is CC(C)COc1ccc(N)c(C(N)=O)c1. The molecule has 4 nitrogen and oxygen atoms in total. The van der Waals surface area contributed by atoms with E-state index < -0.39 is 5.91 Å². The van der Waals surface area contributed by atoms with Crippen molar-refractivity contribution < 1.29 is 9.53 Å². The summed E-state index contributed by atoms with van der Waals surface area (Å²) in [6.07, 6.45) is 0. The minimum Gasteiger partial charge on any atom is -0.493 e. The van der Waals surface area contributed by atoms with E-state index in [1.54, 1.807) is 18.2 Å². The first-order chi connectivity index (χ1) is 7.00. The van der Waals surface area contributed by atoms with Gasteiger partial charge in [-0.1, -0.05) is 13.8 Å². The number of rotatable bonds is 4. The molecule has 82 valence electrons. The fourth-order valence-corrected chi connectivity index (χ4v) is 1.10. The van der Waals surface area contributed by atoms with Crippen molar-refractivity contribution in [2.75, 3.05) is 12.3 Å². The van der Waals surface area contributed by atoms with Crippen LogP contribution < -0.4 is 16.2 Å². The molecule has 0 aromatic heterocycles. The number of primary amides is 1. The van der Waals surface area contributed by atoms with Crippen LogP contribution in [-0.4, -0.2) is 12.5 Å². The molecule has 0 aliphatic rings. The van der Waals surface area contributed by atoms with E-state index in [2.05, 4.69) is 0 Å². The van der Waals surface area contributed by atoms with Crippen LogP contribution in [0.4, 0.5) is 5.69 Å². The number of anilines is 1. The topological polar surface area (TPSA) is 78.3 Å². The van der Waals surface area contributed by atoms with Crippen molar-refractivity contribution in [2.45, 2.75) is 13.8 Å². The molecule has 0 aliphatic heterocycles. The standard InChI is InChI=1S/C11H16N2O2/c1-7(2)6-15-8-3-4-10(12)9(5-8)11(13)14/h3-5,7H,6,12H2,1-2H3,(H2,13,14). The van der Waals surface area contributed by atoms with E-state index >= 15 is 0 Å². The van der Waals surface area contributed by atoms with Gasteiger partial charge in [0, 0.05) is 5.69 Å². The molecule has 0 atom stereocenters. The molecule has 0 bridgehead atoms. The summed E-state index contributed by atoms with van der Waals surface area (Å²) in [7, 11) is 0. The smallest absolute Gasteiger partial charge is 0.250 e. The number of hydrogen-bond acceptors (Lipinski definition) is 3. The largest absolute Gasteiger partial charge is 0.493 e. The predicted molar refractivity (Wildman–Crippen MR) is 59.7 cm³/mol. The lowest BCUT2D eigenvalue weighted by atomic mass is 10.1. The first-order valence-electron chi connectivity index (χ1n) is 4.83. The summed E-state index contributed by atoms with van der Waals surface area (Å²) < 4.78 is 5.45. The van der Waals surface area contributed by atoms with Gasteiger partial charge in [-0.2, -0.15) is 0 Å². The number of carbonyl (C=O) groups excluding carboxylic acids is 1. The molecule has 1 aromatic rings. The van der Waals surface area contributed by atoms with Gasteiger partial charge in [-0.25, -0.2) is 0 Å². The van der Waals surface area contributed by atoms with E-state index in [9.17, 15) is 4.79 Å². The van der Waals surface area contributed by atoms with E-state index in [0.29, 0.717) is 29.5 Å². The van der Waals surface area contributed by atoms with Crippen LogP contribution in [0.15, 0.2) is 18.2 Å². The van der Waals surface area contributed by atoms with Gasteiger partial charge in [0.1, 0.15) is 5.75 Å². The molecule has 15 heavy (non-hydrogen) atoms. The average Bonchev–Trinajstić information content (AvgIpc) is 2.16. The van der Waals surface area contributed by atoms with Crippen LogP contribution in [0, 0.1) is 5.92 Å². The van der Waals surface area contributed by atoms with Crippen molar-refractivity contribution in [1.29, 1.82) is 0 Å². The molecular formula is C11H16N2O2. The van der Waals surface area contributed by atoms with Crippen LogP contribution >= 0.6 is 0 Å². The number of hydrogen-bond donors (Lipinski definition) is 2. The highest BCUT2D eigenvalue weighted by molar-refractivity contribution is 5.98. The lowest BCUT2D eigenvalue weighted by Crippen LogP contribution is -2.14. The Morgan fingerprint density at radius 2 is 2.13 bits per heavy atom. The first-order valence-corrected chi connectivity index (χ1v) is 4.83. The number of ether oxygens (including phenoxy) is 1. The highest BCUT2D eigenvalue weighted by Gasteiger charge is 2.07. The lowest BCUT2D eigenvalue weighted by Gasteiger charge is -2.10. The van der Waals surface area contributed by atoms with Crippen LogP contribution in [-0.2, 0) is 0 Å². The Hall–Kier alpha value is -1.71. The van der Waals surface area contributed by atoms with E-state index in [1.165, 1.54) is 0 Å². The summed E-state index contributed by atoms with van der Waals surface area (Å²) in [5, 5.41) is 0. The van der Waals surface area contributed by atoms with Crippen LogP contribution in [0.25, 0.3) is 0 Å². The van der Waals surface area contributed by atoms with Crippen molar-refractivity contribution in [3.63, 3.8) is 0 Å². The molecule has 1 amide bonds. The number of amides is 1. The van der Waals surface area contributed by atoms with E-state index in [1.807, 2.05) is 13.8 Å². The maximum absolute atomic E-state index is 11.0. The second kappa shape index (κ2) is 4.68. The summed E-state index contributed by atoms with van der Waals surface area (Å²) in [4.78, 5) is 11.0. The zero-order valence-electron chi connectivity index (χ0n) is 8.99. The van der Waals surface area contributed by atoms with Crippen molar-refractivity contribution >= 4 is 11.6 Å². The van der Waals surface area contributed by atoms with Crippen molar-refractivity contribution in [3.05, 3.63) is 23.8 Å². The lowest BCUT2D eigenvalue weighted by molar-refractivity contribution is 0.100. The minimum atomic E-state index is -0.539. The second-order valence-corrected chi connectivity index (χ2v) is 3.82. The van der Waals surface area contributed by atoms with Crippen LogP contribution in [0.5, 0.6) is 5.75 Å². The van der Waals surface area contributed by atoms with Gasteiger partial charge in [-0.3, -0.25) is 4.79 Å². The number of nitrogen functional groups attached to an aromatic ring is 1. The van der Waals surface area contributed by atoms with Gasteiger partial charge in [0.05, 0.1) is 12.2 Å². The summed E-state index contributed by atoms with van der Waals surface area (Å²) >= 11 is 0. The quantitative estimate of drug-likeness (QED) is 0.734. The zero-order chi connectivity index (χ0) is 11.4. The van der Waals surface area contributed by atoms with Gasteiger partial charge in [0.25, 0.3) is 5.91 Å².